The Morgan fingerprint density at radius 1 is 1.43 bits per heavy atom. The molecular formula is C14H23N5O2. The van der Waals surface area contributed by atoms with E-state index in [0.29, 0.717) is 24.8 Å². The van der Waals surface area contributed by atoms with Crippen molar-refractivity contribution in [3.63, 3.8) is 0 Å². The average molecular weight is 293 g/mol. The molecule has 0 aliphatic carbocycles. The van der Waals surface area contributed by atoms with E-state index in [1.54, 1.807) is 6.07 Å². The maximum Gasteiger partial charge on any atom is 0.242 e. The lowest BCUT2D eigenvalue weighted by Gasteiger charge is -2.29. The van der Waals surface area contributed by atoms with E-state index < -0.39 is 0 Å². The van der Waals surface area contributed by atoms with Crippen molar-refractivity contribution in [1.82, 2.24) is 20.2 Å². The maximum atomic E-state index is 12.2. The summed E-state index contributed by atoms with van der Waals surface area (Å²) in [5.41, 5.74) is 0. The number of hydrogen-bond donors (Lipinski definition) is 1. The van der Waals surface area contributed by atoms with E-state index in [2.05, 4.69) is 15.3 Å². The number of rotatable bonds is 6. The number of piperazine rings is 1. The fourth-order valence-electron chi connectivity index (χ4n) is 2.12. The van der Waals surface area contributed by atoms with Gasteiger partial charge in [0, 0.05) is 39.3 Å². The molecule has 0 bridgehead atoms. The number of anilines is 1. The molecule has 7 heteroatoms. The van der Waals surface area contributed by atoms with Crippen molar-refractivity contribution in [2.75, 3.05) is 51.3 Å². The van der Waals surface area contributed by atoms with Gasteiger partial charge >= 0.3 is 0 Å². The van der Waals surface area contributed by atoms with Crippen LogP contribution in [0.2, 0.25) is 0 Å². The van der Waals surface area contributed by atoms with Gasteiger partial charge in [-0.1, -0.05) is 6.92 Å². The molecule has 0 spiro atoms. The fraction of sp³-hybridized carbons (Fsp3) is 0.643. The van der Waals surface area contributed by atoms with Gasteiger partial charge in [0.25, 0.3) is 0 Å². The van der Waals surface area contributed by atoms with E-state index in [-0.39, 0.29) is 5.91 Å². The summed E-state index contributed by atoms with van der Waals surface area (Å²) in [7, 11) is 1.85. The summed E-state index contributed by atoms with van der Waals surface area (Å²) in [6.07, 6.45) is 2.39. The maximum absolute atomic E-state index is 12.2. The first-order chi connectivity index (χ1) is 10.2. The molecule has 1 aliphatic heterocycles. The number of nitrogens with zero attached hydrogens (tertiary/aromatic N) is 4. The highest BCUT2D eigenvalue weighted by molar-refractivity contribution is 5.81. The molecule has 1 aliphatic rings. The monoisotopic (exact) mass is 293 g/mol. The summed E-state index contributed by atoms with van der Waals surface area (Å²) >= 11 is 0. The second kappa shape index (κ2) is 7.78. The van der Waals surface area contributed by atoms with Crippen molar-refractivity contribution in [3.05, 3.63) is 12.4 Å². The van der Waals surface area contributed by atoms with E-state index in [1.807, 2.05) is 23.8 Å². The van der Waals surface area contributed by atoms with Gasteiger partial charge < -0.3 is 19.9 Å². The zero-order chi connectivity index (χ0) is 15.1. The zero-order valence-corrected chi connectivity index (χ0v) is 12.7. The SMILES string of the molecule is CCCOc1cc(N(C)CC(=O)N2CCNCC2)ncn1. The Labute approximate surface area is 125 Å². The number of ether oxygens (including phenoxy) is 1. The number of amides is 1. The third kappa shape index (κ3) is 4.56. The minimum absolute atomic E-state index is 0.119. The van der Waals surface area contributed by atoms with E-state index in [1.165, 1.54) is 6.33 Å². The fourth-order valence-corrected chi connectivity index (χ4v) is 2.12. The van der Waals surface area contributed by atoms with Gasteiger partial charge in [0.05, 0.1) is 13.2 Å². The molecule has 0 radical (unpaired) electrons. The predicted molar refractivity (Wildman–Crippen MR) is 80.5 cm³/mol. The number of carbonyl (C=O) groups excluding carboxylic acids is 1. The van der Waals surface area contributed by atoms with Crippen molar-refractivity contribution in [3.8, 4) is 5.88 Å². The Hall–Kier alpha value is -1.89. The quantitative estimate of drug-likeness (QED) is 0.804. The van der Waals surface area contributed by atoms with Crippen LogP contribution in [0.1, 0.15) is 13.3 Å². The predicted octanol–water partition coefficient (Wildman–Crippen LogP) is 0.133. The lowest BCUT2D eigenvalue weighted by atomic mass is 10.3. The van der Waals surface area contributed by atoms with E-state index in [0.717, 1.165) is 32.6 Å². The van der Waals surface area contributed by atoms with Crippen LogP contribution >= 0.6 is 0 Å². The normalized spacial score (nSPS) is 14.9. The first kappa shape index (κ1) is 15.5. The molecule has 0 saturated carbocycles. The Morgan fingerprint density at radius 2 is 2.19 bits per heavy atom. The molecule has 2 rings (SSSR count). The lowest BCUT2D eigenvalue weighted by Crippen LogP contribution is -2.49. The molecule has 21 heavy (non-hydrogen) atoms. The van der Waals surface area contributed by atoms with Crippen molar-refractivity contribution >= 4 is 11.7 Å². The molecule has 1 saturated heterocycles. The Balaban J connectivity index is 1.92. The molecule has 2 heterocycles. The number of likely N-dealkylation sites (N-methyl/N-ethyl adjacent to an activating group) is 1. The van der Waals surface area contributed by atoms with Crippen LogP contribution in [0, 0.1) is 0 Å². The number of carbonyl (C=O) groups is 1. The van der Waals surface area contributed by atoms with Crippen molar-refractivity contribution in [2.24, 2.45) is 0 Å². The zero-order valence-electron chi connectivity index (χ0n) is 12.7. The van der Waals surface area contributed by atoms with Gasteiger partial charge in [0.15, 0.2) is 0 Å². The first-order valence-corrected chi connectivity index (χ1v) is 7.35. The van der Waals surface area contributed by atoms with Crippen molar-refractivity contribution < 1.29 is 9.53 Å². The van der Waals surface area contributed by atoms with Crippen LogP contribution in [-0.4, -0.2) is 67.2 Å². The van der Waals surface area contributed by atoms with Crippen molar-refractivity contribution in [2.45, 2.75) is 13.3 Å². The van der Waals surface area contributed by atoms with E-state index in [4.69, 9.17) is 4.74 Å². The highest BCUT2D eigenvalue weighted by atomic mass is 16.5. The largest absolute Gasteiger partial charge is 0.478 e. The summed E-state index contributed by atoms with van der Waals surface area (Å²) in [5, 5.41) is 3.24. The van der Waals surface area contributed by atoms with Gasteiger partial charge in [0.2, 0.25) is 11.8 Å². The van der Waals surface area contributed by atoms with E-state index >= 15 is 0 Å². The summed E-state index contributed by atoms with van der Waals surface area (Å²) in [4.78, 5) is 24.2. The van der Waals surface area contributed by atoms with Crippen LogP contribution in [0.15, 0.2) is 12.4 Å². The van der Waals surface area contributed by atoms with Gasteiger partial charge in [-0.25, -0.2) is 9.97 Å². The lowest BCUT2D eigenvalue weighted by molar-refractivity contribution is -0.130. The third-order valence-corrected chi connectivity index (χ3v) is 3.31. The Kier molecular flexibility index (Phi) is 5.74. The first-order valence-electron chi connectivity index (χ1n) is 7.35. The van der Waals surface area contributed by atoms with Crippen molar-refractivity contribution in [1.29, 1.82) is 0 Å². The summed E-state index contributed by atoms with van der Waals surface area (Å²) in [5.74, 6) is 1.36. The second-order valence-electron chi connectivity index (χ2n) is 5.05. The molecule has 0 aromatic carbocycles. The number of hydrogen-bond acceptors (Lipinski definition) is 6. The van der Waals surface area contributed by atoms with Crippen LogP contribution < -0.4 is 15.0 Å². The van der Waals surface area contributed by atoms with E-state index in [9.17, 15) is 4.79 Å². The topological polar surface area (TPSA) is 70.6 Å². The summed E-state index contributed by atoms with van der Waals surface area (Å²) in [6, 6.07) is 1.76. The minimum Gasteiger partial charge on any atom is -0.478 e. The smallest absolute Gasteiger partial charge is 0.242 e. The van der Waals surface area contributed by atoms with Gasteiger partial charge in [-0.3, -0.25) is 4.79 Å². The second-order valence-corrected chi connectivity index (χ2v) is 5.05. The van der Waals surface area contributed by atoms with Crippen LogP contribution in [0.25, 0.3) is 0 Å². The Morgan fingerprint density at radius 3 is 2.90 bits per heavy atom. The molecule has 1 N–H and O–H groups in total. The summed E-state index contributed by atoms with van der Waals surface area (Å²) < 4.78 is 5.49. The molecule has 0 atom stereocenters. The molecule has 1 aromatic rings. The molecule has 7 nitrogen and oxygen atoms in total. The van der Waals surface area contributed by atoms with Gasteiger partial charge in [-0.05, 0) is 6.42 Å². The molecule has 1 fully saturated rings. The minimum atomic E-state index is 0.119. The van der Waals surface area contributed by atoms with Crippen LogP contribution in [0.3, 0.4) is 0 Å². The molecule has 1 aromatic heterocycles. The van der Waals surface area contributed by atoms with Gasteiger partial charge in [0.1, 0.15) is 12.1 Å². The van der Waals surface area contributed by atoms with Crippen LogP contribution in [0.5, 0.6) is 5.88 Å². The molecular weight excluding hydrogens is 270 g/mol. The Bertz CT molecular complexity index is 462. The van der Waals surface area contributed by atoms with Crippen LogP contribution in [-0.2, 0) is 4.79 Å². The van der Waals surface area contributed by atoms with Gasteiger partial charge in [-0.15, -0.1) is 0 Å². The highest BCUT2D eigenvalue weighted by Gasteiger charge is 2.18. The number of nitrogens with one attached hydrogen (secondary N) is 1. The standard InChI is InChI=1S/C14H23N5O2/c1-3-8-21-13-9-12(16-11-17-13)18(2)10-14(20)19-6-4-15-5-7-19/h9,11,15H,3-8,10H2,1-2H3. The number of aromatic nitrogens is 2. The molecule has 1 amide bonds. The molecule has 0 unspecified atom stereocenters. The third-order valence-electron chi connectivity index (χ3n) is 3.31. The average Bonchev–Trinajstić information content (AvgIpc) is 2.54. The van der Waals surface area contributed by atoms with Crippen LogP contribution in [0.4, 0.5) is 5.82 Å². The summed E-state index contributed by atoms with van der Waals surface area (Å²) in [6.45, 7) is 6.23. The molecule has 116 valence electrons. The highest BCUT2D eigenvalue weighted by Crippen LogP contribution is 2.14. The van der Waals surface area contributed by atoms with Gasteiger partial charge in [-0.2, -0.15) is 0 Å².